The number of rotatable bonds is 8. The molecule has 152 valence electrons. The number of anilines is 1. The van der Waals surface area contributed by atoms with E-state index in [1.54, 1.807) is 10.9 Å². The first-order valence-electron chi connectivity index (χ1n) is 10.00. The Morgan fingerprint density at radius 1 is 1.03 bits per heavy atom. The molecule has 0 fully saturated rings. The van der Waals surface area contributed by atoms with Gasteiger partial charge in [0.1, 0.15) is 12.1 Å². The van der Waals surface area contributed by atoms with E-state index in [4.69, 9.17) is 0 Å². The minimum absolute atomic E-state index is 0.0898. The molecule has 0 aliphatic rings. The summed E-state index contributed by atoms with van der Waals surface area (Å²) in [7, 11) is 0. The van der Waals surface area contributed by atoms with Crippen LogP contribution in [0, 0.1) is 6.92 Å². The SMILES string of the molecule is Cc1cccc(C(=O)NCCn2ncc3c(NCCc4ccccc4)ncnc32)c1. The second-order valence-corrected chi connectivity index (χ2v) is 7.12. The quantitative estimate of drug-likeness (QED) is 0.474. The first-order valence-corrected chi connectivity index (χ1v) is 10.00. The molecular weight excluding hydrogens is 376 g/mol. The molecule has 0 radical (unpaired) electrons. The summed E-state index contributed by atoms with van der Waals surface area (Å²) in [6.07, 6.45) is 4.21. The van der Waals surface area contributed by atoms with Crippen LogP contribution in [0.1, 0.15) is 21.5 Å². The number of hydrogen-bond acceptors (Lipinski definition) is 5. The number of aryl methyl sites for hydroxylation is 1. The van der Waals surface area contributed by atoms with E-state index >= 15 is 0 Å². The van der Waals surface area contributed by atoms with E-state index in [2.05, 4.69) is 37.8 Å². The Morgan fingerprint density at radius 3 is 2.73 bits per heavy atom. The molecule has 0 unspecified atom stereocenters. The molecular formula is C23H24N6O. The normalized spacial score (nSPS) is 10.8. The number of carbonyl (C=O) groups excluding carboxylic acids is 1. The van der Waals surface area contributed by atoms with Crippen LogP contribution in [0.15, 0.2) is 67.1 Å². The smallest absolute Gasteiger partial charge is 0.251 e. The van der Waals surface area contributed by atoms with Gasteiger partial charge in [-0.15, -0.1) is 0 Å². The summed E-state index contributed by atoms with van der Waals surface area (Å²) in [5.41, 5.74) is 3.74. The average molecular weight is 400 g/mol. The van der Waals surface area contributed by atoms with Crippen molar-refractivity contribution in [1.82, 2.24) is 25.1 Å². The van der Waals surface area contributed by atoms with Gasteiger partial charge < -0.3 is 10.6 Å². The molecule has 0 aliphatic carbocycles. The Balaban J connectivity index is 1.36. The van der Waals surface area contributed by atoms with Crippen molar-refractivity contribution in [3.63, 3.8) is 0 Å². The molecule has 0 saturated heterocycles. The highest BCUT2D eigenvalue weighted by Crippen LogP contribution is 2.18. The first kappa shape index (κ1) is 19.6. The van der Waals surface area contributed by atoms with E-state index in [1.165, 1.54) is 11.9 Å². The van der Waals surface area contributed by atoms with Crippen LogP contribution in [0.3, 0.4) is 0 Å². The van der Waals surface area contributed by atoms with Gasteiger partial charge in [0.15, 0.2) is 5.65 Å². The maximum Gasteiger partial charge on any atom is 0.251 e. The van der Waals surface area contributed by atoms with E-state index in [-0.39, 0.29) is 5.91 Å². The van der Waals surface area contributed by atoms with Gasteiger partial charge in [-0.25, -0.2) is 14.6 Å². The number of hydrogen-bond donors (Lipinski definition) is 2. The Bertz CT molecular complexity index is 1140. The molecule has 2 aromatic heterocycles. The van der Waals surface area contributed by atoms with Crippen molar-refractivity contribution >= 4 is 22.8 Å². The predicted molar refractivity (Wildman–Crippen MR) is 117 cm³/mol. The standard InChI is InChI=1S/C23H24N6O/c1-17-6-5-9-19(14-17)23(30)25-12-13-29-22-20(15-28-29)21(26-16-27-22)24-11-10-18-7-3-2-4-8-18/h2-9,14-16H,10-13H2,1H3,(H,25,30)(H,24,26,27). The summed E-state index contributed by atoms with van der Waals surface area (Å²) in [6, 6.07) is 17.9. The van der Waals surface area contributed by atoms with Crippen molar-refractivity contribution in [2.24, 2.45) is 0 Å². The van der Waals surface area contributed by atoms with Gasteiger partial charge in [0.25, 0.3) is 5.91 Å². The summed E-state index contributed by atoms with van der Waals surface area (Å²) >= 11 is 0. The van der Waals surface area contributed by atoms with Gasteiger partial charge in [0, 0.05) is 18.7 Å². The van der Waals surface area contributed by atoms with Crippen LogP contribution in [-0.4, -0.2) is 38.7 Å². The van der Waals surface area contributed by atoms with Crippen molar-refractivity contribution in [2.75, 3.05) is 18.4 Å². The van der Waals surface area contributed by atoms with Crippen molar-refractivity contribution in [3.8, 4) is 0 Å². The maximum absolute atomic E-state index is 12.3. The lowest BCUT2D eigenvalue weighted by Crippen LogP contribution is -2.27. The molecule has 0 spiro atoms. The second kappa shape index (κ2) is 9.17. The summed E-state index contributed by atoms with van der Waals surface area (Å²) in [4.78, 5) is 21.0. The average Bonchev–Trinajstić information content (AvgIpc) is 3.18. The highest BCUT2D eigenvalue weighted by Gasteiger charge is 2.10. The number of carbonyl (C=O) groups is 1. The minimum Gasteiger partial charge on any atom is -0.369 e. The van der Waals surface area contributed by atoms with E-state index in [0.717, 1.165) is 35.4 Å². The monoisotopic (exact) mass is 400 g/mol. The lowest BCUT2D eigenvalue weighted by atomic mass is 10.1. The molecule has 2 heterocycles. The van der Waals surface area contributed by atoms with E-state index in [1.807, 2.05) is 49.4 Å². The number of nitrogens with zero attached hydrogens (tertiary/aromatic N) is 4. The molecule has 7 heteroatoms. The third-order valence-corrected chi connectivity index (χ3v) is 4.87. The van der Waals surface area contributed by atoms with Gasteiger partial charge in [-0.2, -0.15) is 5.10 Å². The lowest BCUT2D eigenvalue weighted by molar-refractivity contribution is 0.0952. The van der Waals surface area contributed by atoms with Crippen LogP contribution in [0.4, 0.5) is 5.82 Å². The Hall–Kier alpha value is -3.74. The predicted octanol–water partition coefficient (Wildman–Crippen LogP) is 3.22. The van der Waals surface area contributed by atoms with Gasteiger partial charge >= 0.3 is 0 Å². The van der Waals surface area contributed by atoms with Crippen LogP contribution >= 0.6 is 0 Å². The maximum atomic E-state index is 12.3. The van der Waals surface area contributed by atoms with Crippen LogP contribution in [-0.2, 0) is 13.0 Å². The van der Waals surface area contributed by atoms with E-state index in [0.29, 0.717) is 18.7 Å². The third-order valence-electron chi connectivity index (χ3n) is 4.87. The van der Waals surface area contributed by atoms with Gasteiger partial charge in [0.2, 0.25) is 0 Å². The van der Waals surface area contributed by atoms with Crippen LogP contribution in [0.5, 0.6) is 0 Å². The number of amides is 1. The van der Waals surface area contributed by atoms with Crippen LogP contribution in [0.25, 0.3) is 11.0 Å². The summed E-state index contributed by atoms with van der Waals surface area (Å²) in [5, 5.41) is 11.6. The van der Waals surface area contributed by atoms with Gasteiger partial charge in [-0.05, 0) is 31.0 Å². The number of nitrogens with one attached hydrogen (secondary N) is 2. The Morgan fingerprint density at radius 2 is 1.90 bits per heavy atom. The number of aromatic nitrogens is 4. The van der Waals surface area contributed by atoms with Gasteiger partial charge in [0.05, 0.1) is 18.1 Å². The zero-order valence-corrected chi connectivity index (χ0v) is 16.9. The summed E-state index contributed by atoms with van der Waals surface area (Å²) in [6.45, 7) is 3.73. The molecule has 0 saturated carbocycles. The number of fused-ring (bicyclic) bond motifs is 1. The number of benzene rings is 2. The van der Waals surface area contributed by atoms with Crippen molar-refractivity contribution in [2.45, 2.75) is 19.9 Å². The molecule has 0 atom stereocenters. The van der Waals surface area contributed by atoms with Crippen LogP contribution in [0.2, 0.25) is 0 Å². The summed E-state index contributed by atoms with van der Waals surface area (Å²) < 4.78 is 1.79. The van der Waals surface area contributed by atoms with Crippen molar-refractivity contribution in [1.29, 1.82) is 0 Å². The zero-order chi connectivity index (χ0) is 20.8. The Kier molecular flexibility index (Phi) is 5.98. The molecule has 0 bridgehead atoms. The summed E-state index contributed by atoms with van der Waals surface area (Å²) in [5.74, 6) is 0.680. The minimum atomic E-state index is -0.0898. The van der Waals surface area contributed by atoms with Crippen molar-refractivity contribution in [3.05, 3.63) is 83.8 Å². The Labute approximate surface area is 175 Å². The highest BCUT2D eigenvalue weighted by atomic mass is 16.1. The molecule has 1 amide bonds. The highest BCUT2D eigenvalue weighted by molar-refractivity contribution is 5.94. The molecule has 4 aromatic rings. The van der Waals surface area contributed by atoms with Crippen molar-refractivity contribution < 1.29 is 4.79 Å². The molecule has 4 rings (SSSR count). The van der Waals surface area contributed by atoms with Gasteiger partial charge in [-0.3, -0.25) is 4.79 Å². The fourth-order valence-electron chi connectivity index (χ4n) is 3.33. The zero-order valence-electron chi connectivity index (χ0n) is 16.9. The van der Waals surface area contributed by atoms with Crippen LogP contribution < -0.4 is 10.6 Å². The second-order valence-electron chi connectivity index (χ2n) is 7.12. The van der Waals surface area contributed by atoms with Gasteiger partial charge in [-0.1, -0.05) is 48.0 Å². The fraction of sp³-hybridized carbons (Fsp3) is 0.217. The third kappa shape index (κ3) is 4.63. The molecule has 2 aromatic carbocycles. The largest absolute Gasteiger partial charge is 0.369 e. The molecule has 0 aliphatic heterocycles. The topological polar surface area (TPSA) is 84.7 Å². The molecule has 7 nitrogen and oxygen atoms in total. The lowest BCUT2D eigenvalue weighted by Gasteiger charge is -2.08. The fourth-order valence-corrected chi connectivity index (χ4v) is 3.33. The van der Waals surface area contributed by atoms with E-state index in [9.17, 15) is 4.79 Å². The van der Waals surface area contributed by atoms with E-state index < -0.39 is 0 Å². The first-order chi connectivity index (χ1) is 14.7. The molecule has 30 heavy (non-hydrogen) atoms. The molecule has 2 N–H and O–H groups in total.